The average Bonchev–Trinajstić information content (AvgIpc) is 3.21. The maximum Gasteiger partial charge on any atom is 0.239 e. The van der Waals surface area contributed by atoms with Crippen molar-refractivity contribution >= 4 is 11.6 Å². The number of likely N-dealkylation sites (N-methyl/N-ethyl adjacent to an activating group) is 1. The predicted molar refractivity (Wildman–Crippen MR) is 71.5 cm³/mol. The highest BCUT2D eigenvalue weighted by Gasteiger charge is 2.23. The first-order valence-corrected chi connectivity index (χ1v) is 6.28. The molecule has 1 aliphatic rings. The molecule has 2 rings (SSSR count). The zero-order valence-electron chi connectivity index (χ0n) is 10.9. The van der Waals surface area contributed by atoms with Crippen LogP contribution in [0.1, 0.15) is 24.0 Å². The number of hydrogen-bond acceptors (Lipinski definition) is 4. The van der Waals surface area contributed by atoms with Crippen LogP contribution in [0.3, 0.4) is 0 Å². The number of benzene rings is 1. The summed E-state index contributed by atoms with van der Waals surface area (Å²) in [5.74, 6) is -0.0277. The number of nitrogens with zero attached hydrogens (tertiary/aromatic N) is 2. The molecule has 0 bridgehead atoms. The fraction of sp³-hybridized carbons (Fsp3) is 0.429. The van der Waals surface area contributed by atoms with Crippen LogP contribution in [-0.4, -0.2) is 30.6 Å². The molecule has 1 amide bonds. The number of rotatable bonds is 5. The van der Waals surface area contributed by atoms with Crippen LogP contribution in [-0.2, 0) is 11.4 Å². The van der Waals surface area contributed by atoms with Crippen molar-refractivity contribution in [2.75, 3.05) is 18.5 Å². The molecule has 0 heterocycles. The molecule has 0 radical (unpaired) electrons. The van der Waals surface area contributed by atoms with Gasteiger partial charge in [0.25, 0.3) is 0 Å². The Morgan fingerprint density at radius 2 is 2.32 bits per heavy atom. The van der Waals surface area contributed by atoms with Crippen molar-refractivity contribution in [1.82, 2.24) is 5.32 Å². The minimum absolute atomic E-state index is 0.0277. The maximum absolute atomic E-state index is 11.7. The molecular weight excluding hydrogens is 242 g/mol. The molecule has 0 spiro atoms. The Balaban J connectivity index is 2.07. The van der Waals surface area contributed by atoms with Crippen molar-refractivity contribution < 1.29 is 9.90 Å². The first-order chi connectivity index (χ1) is 9.13. The molecule has 5 heteroatoms. The maximum atomic E-state index is 11.7. The standard InChI is InChI=1S/C14H17N3O2/c1-17(8-14(19)16-12-3-4-12)13-5-2-10(9-18)6-11(13)7-15/h2,5-6,12,18H,3-4,8-9H2,1H3,(H,16,19). The van der Waals surface area contributed by atoms with E-state index in [9.17, 15) is 4.79 Å². The predicted octanol–water partition coefficient (Wildman–Crippen LogP) is 0.765. The Bertz CT molecular complexity index is 518. The molecule has 2 N–H and O–H groups in total. The lowest BCUT2D eigenvalue weighted by Crippen LogP contribution is -2.36. The van der Waals surface area contributed by atoms with Crippen LogP contribution in [0.4, 0.5) is 5.69 Å². The lowest BCUT2D eigenvalue weighted by atomic mass is 10.1. The van der Waals surface area contributed by atoms with Gasteiger partial charge in [0.15, 0.2) is 0 Å². The van der Waals surface area contributed by atoms with E-state index in [1.807, 2.05) is 0 Å². The molecule has 1 aliphatic carbocycles. The van der Waals surface area contributed by atoms with Gasteiger partial charge in [-0.15, -0.1) is 0 Å². The molecular formula is C14H17N3O2. The molecule has 100 valence electrons. The molecule has 0 saturated heterocycles. The second-order valence-corrected chi connectivity index (χ2v) is 4.82. The van der Waals surface area contributed by atoms with E-state index in [-0.39, 0.29) is 19.1 Å². The van der Waals surface area contributed by atoms with Gasteiger partial charge in [-0.1, -0.05) is 6.07 Å². The van der Waals surface area contributed by atoms with Crippen molar-refractivity contribution in [1.29, 1.82) is 5.26 Å². The number of carbonyl (C=O) groups excluding carboxylic acids is 1. The van der Waals surface area contributed by atoms with Crippen LogP contribution < -0.4 is 10.2 Å². The molecule has 1 fully saturated rings. The minimum atomic E-state index is -0.0964. The summed E-state index contributed by atoms with van der Waals surface area (Å²) in [4.78, 5) is 13.5. The van der Waals surface area contributed by atoms with E-state index in [4.69, 9.17) is 10.4 Å². The third-order valence-corrected chi connectivity index (χ3v) is 3.10. The molecule has 0 unspecified atom stereocenters. The van der Waals surface area contributed by atoms with Gasteiger partial charge in [-0.05, 0) is 30.5 Å². The molecule has 0 atom stereocenters. The smallest absolute Gasteiger partial charge is 0.239 e. The van der Waals surface area contributed by atoms with Crippen molar-refractivity contribution in [2.45, 2.75) is 25.5 Å². The van der Waals surface area contributed by atoms with Crippen molar-refractivity contribution in [3.63, 3.8) is 0 Å². The normalized spacial score (nSPS) is 13.7. The summed E-state index contributed by atoms with van der Waals surface area (Å²) in [6, 6.07) is 7.59. The SMILES string of the molecule is CN(CC(=O)NC1CC1)c1ccc(CO)cc1C#N. The molecule has 1 saturated carbocycles. The molecule has 1 aromatic carbocycles. The molecule has 5 nitrogen and oxygen atoms in total. The topological polar surface area (TPSA) is 76.4 Å². The van der Waals surface area contributed by atoms with Crippen LogP contribution in [0, 0.1) is 11.3 Å². The Morgan fingerprint density at radius 1 is 1.58 bits per heavy atom. The van der Waals surface area contributed by atoms with Gasteiger partial charge in [0, 0.05) is 13.1 Å². The van der Waals surface area contributed by atoms with E-state index < -0.39 is 0 Å². The first-order valence-electron chi connectivity index (χ1n) is 6.28. The zero-order chi connectivity index (χ0) is 13.8. The Labute approximate surface area is 112 Å². The number of nitriles is 1. The van der Waals surface area contributed by atoms with E-state index in [1.54, 1.807) is 30.1 Å². The van der Waals surface area contributed by atoms with Crippen molar-refractivity contribution in [3.8, 4) is 6.07 Å². The fourth-order valence-electron chi connectivity index (χ4n) is 1.91. The highest BCUT2D eigenvalue weighted by Crippen LogP contribution is 2.21. The number of anilines is 1. The summed E-state index contributed by atoms with van der Waals surface area (Å²) in [6.45, 7) is 0.129. The number of aliphatic hydroxyl groups is 1. The van der Waals surface area contributed by atoms with E-state index >= 15 is 0 Å². The summed E-state index contributed by atoms with van der Waals surface area (Å²) < 4.78 is 0. The Morgan fingerprint density at radius 3 is 2.89 bits per heavy atom. The second-order valence-electron chi connectivity index (χ2n) is 4.82. The van der Waals surface area contributed by atoms with Gasteiger partial charge in [0.1, 0.15) is 6.07 Å². The Hall–Kier alpha value is -2.06. The molecule has 0 aromatic heterocycles. The van der Waals surface area contributed by atoms with Gasteiger partial charge in [-0.25, -0.2) is 0 Å². The summed E-state index contributed by atoms with van der Waals surface area (Å²) >= 11 is 0. The molecule has 1 aromatic rings. The monoisotopic (exact) mass is 259 g/mol. The zero-order valence-corrected chi connectivity index (χ0v) is 10.9. The van der Waals surface area contributed by atoms with Crippen LogP contribution in [0.5, 0.6) is 0 Å². The molecule has 0 aliphatic heterocycles. The number of amides is 1. The van der Waals surface area contributed by atoms with Gasteiger partial charge in [0.05, 0.1) is 24.4 Å². The summed E-state index contributed by atoms with van der Waals surface area (Å²) in [5.41, 5.74) is 1.86. The third kappa shape index (κ3) is 3.46. The Kier molecular flexibility index (Phi) is 4.03. The van der Waals surface area contributed by atoms with E-state index in [0.717, 1.165) is 12.8 Å². The second kappa shape index (κ2) is 5.72. The largest absolute Gasteiger partial charge is 0.392 e. The minimum Gasteiger partial charge on any atom is -0.392 e. The van der Waals surface area contributed by atoms with Gasteiger partial charge in [-0.2, -0.15) is 5.26 Å². The van der Waals surface area contributed by atoms with Crippen LogP contribution in [0.25, 0.3) is 0 Å². The summed E-state index contributed by atoms with van der Waals surface area (Å²) in [5, 5.41) is 21.1. The van der Waals surface area contributed by atoms with E-state index in [0.29, 0.717) is 22.9 Å². The van der Waals surface area contributed by atoms with Gasteiger partial charge in [0.2, 0.25) is 5.91 Å². The van der Waals surface area contributed by atoms with Crippen LogP contribution in [0.15, 0.2) is 18.2 Å². The van der Waals surface area contributed by atoms with Crippen LogP contribution in [0.2, 0.25) is 0 Å². The number of aliphatic hydroxyl groups excluding tert-OH is 1. The van der Waals surface area contributed by atoms with Crippen LogP contribution >= 0.6 is 0 Å². The highest BCUT2D eigenvalue weighted by atomic mass is 16.3. The highest BCUT2D eigenvalue weighted by molar-refractivity contribution is 5.82. The summed E-state index contributed by atoms with van der Waals surface area (Å²) in [7, 11) is 1.78. The number of carbonyl (C=O) groups is 1. The number of hydrogen-bond donors (Lipinski definition) is 2. The lowest BCUT2D eigenvalue weighted by Gasteiger charge is -2.20. The van der Waals surface area contributed by atoms with E-state index in [1.165, 1.54) is 0 Å². The van der Waals surface area contributed by atoms with Gasteiger partial charge >= 0.3 is 0 Å². The fourth-order valence-corrected chi connectivity index (χ4v) is 1.91. The van der Waals surface area contributed by atoms with Crippen molar-refractivity contribution in [2.24, 2.45) is 0 Å². The van der Waals surface area contributed by atoms with E-state index in [2.05, 4.69) is 11.4 Å². The quantitative estimate of drug-likeness (QED) is 0.818. The lowest BCUT2D eigenvalue weighted by molar-refractivity contribution is -0.119. The number of nitrogens with one attached hydrogen (secondary N) is 1. The average molecular weight is 259 g/mol. The first kappa shape index (κ1) is 13.4. The van der Waals surface area contributed by atoms with Crippen molar-refractivity contribution in [3.05, 3.63) is 29.3 Å². The van der Waals surface area contributed by atoms with Gasteiger partial charge < -0.3 is 15.3 Å². The summed E-state index contributed by atoms with van der Waals surface area (Å²) in [6.07, 6.45) is 2.12. The van der Waals surface area contributed by atoms with Gasteiger partial charge in [-0.3, -0.25) is 4.79 Å². The molecule has 19 heavy (non-hydrogen) atoms. The third-order valence-electron chi connectivity index (χ3n) is 3.10.